The molecule has 0 radical (unpaired) electrons. The molecular formula is C41H19F14N5O. The Morgan fingerprint density at radius 3 is 1.05 bits per heavy atom. The monoisotopic (exact) mass is 863 g/mol. The second-order valence-electron chi connectivity index (χ2n) is 13.7. The van der Waals surface area contributed by atoms with Crippen LogP contribution in [-0.2, 0) is 4.74 Å². The van der Waals surface area contributed by atoms with Crippen LogP contribution >= 0.6 is 0 Å². The molecular weight excluding hydrogens is 844 g/mol. The highest BCUT2D eigenvalue weighted by atomic mass is 19.2. The van der Waals surface area contributed by atoms with Gasteiger partial charge in [0.15, 0.2) is 69.8 Å². The van der Waals surface area contributed by atoms with Crippen LogP contribution in [0.15, 0.2) is 36.4 Å². The van der Waals surface area contributed by atoms with Crippen molar-refractivity contribution in [2.75, 3.05) is 31.2 Å². The van der Waals surface area contributed by atoms with Crippen molar-refractivity contribution in [2.24, 2.45) is 0 Å². The number of morpholine rings is 1. The number of nitrogens with zero attached hydrogens (tertiary/aromatic N) is 2. The summed E-state index contributed by atoms with van der Waals surface area (Å²) < 4.78 is 220. The van der Waals surface area contributed by atoms with Crippen LogP contribution in [0.5, 0.6) is 0 Å². The minimum atomic E-state index is -2.57. The molecule has 0 amide bonds. The maximum Gasteiger partial charge on any atom is 0.200 e. The Kier molecular flexibility index (Phi) is 9.37. The highest BCUT2D eigenvalue weighted by molar-refractivity contribution is 6.00. The zero-order valence-electron chi connectivity index (χ0n) is 30.0. The number of anilines is 1. The lowest BCUT2D eigenvalue weighted by Gasteiger charge is -2.30. The largest absolute Gasteiger partial charge is 0.378 e. The van der Waals surface area contributed by atoms with E-state index < -0.39 is 148 Å². The Bertz CT molecular complexity index is 3110. The maximum atomic E-state index is 16.4. The summed E-state index contributed by atoms with van der Waals surface area (Å²) in [6, 6.07) is 6.54. The number of hydrogen-bond donors (Lipinski definition) is 3. The average molecular weight is 864 g/mol. The maximum absolute atomic E-state index is 16.4. The van der Waals surface area contributed by atoms with Crippen LogP contribution in [0.3, 0.4) is 0 Å². The van der Waals surface area contributed by atoms with Crippen molar-refractivity contribution in [3.63, 3.8) is 0 Å². The molecule has 0 saturated carbocycles. The SMILES string of the molecule is Fc1c(F)c(F)c(-c2c3nc(c(-c4c(F)c(F)c(N5CCOCC5)c(F)c4F)c4ccc([nH]4)c4ccc([nH]4)c(-c4c(F)c(F)c(F)c(F)c4F)c4ccc2[nH]4)C=C3)c(F)c1F. The molecule has 8 bridgehead atoms. The van der Waals surface area contributed by atoms with Crippen molar-refractivity contribution in [3.8, 4) is 33.4 Å². The van der Waals surface area contributed by atoms with Crippen molar-refractivity contribution in [3.05, 3.63) is 129 Å². The Labute approximate surface area is 330 Å². The van der Waals surface area contributed by atoms with Crippen LogP contribution in [0.2, 0.25) is 0 Å². The molecule has 20 heteroatoms. The van der Waals surface area contributed by atoms with Gasteiger partial charge in [0.25, 0.3) is 0 Å². The number of aromatic nitrogens is 4. The van der Waals surface area contributed by atoms with E-state index in [1.807, 2.05) is 0 Å². The van der Waals surface area contributed by atoms with Crippen LogP contribution in [0.1, 0.15) is 11.4 Å². The quantitative estimate of drug-likeness (QED) is 0.0937. The molecule has 0 spiro atoms. The topological polar surface area (TPSA) is 72.7 Å². The molecule has 7 aromatic rings. The fourth-order valence-corrected chi connectivity index (χ4v) is 7.49. The molecule has 0 unspecified atom stereocenters. The predicted octanol–water partition coefficient (Wildman–Crippen LogP) is 11.5. The van der Waals surface area contributed by atoms with E-state index in [9.17, 15) is 26.3 Å². The first kappa shape index (κ1) is 39.6. The molecule has 0 atom stereocenters. The molecule has 9 rings (SSSR count). The zero-order valence-corrected chi connectivity index (χ0v) is 30.0. The molecule has 0 aliphatic carbocycles. The Balaban J connectivity index is 1.48. The van der Waals surface area contributed by atoms with Gasteiger partial charge in [0.1, 0.15) is 5.69 Å². The number of benzene rings is 3. The van der Waals surface area contributed by atoms with Gasteiger partial charge in [-0.2, -0.15) is 0 Å². The average Bonchev–Trinajstić information content (AvgIpc) is 4.11. The Morgan fingerprint density at radius 1 is 0.361 bits per heavy atom. The zero-order chi connectivity index (χ0) is 43.3. The summed E-state index contributed by atoms with van der Waals surface area (Å²) in [5, 5.41) is 0. The minimum Gasteiger partial charge on any atom is -0.378 e. The number of rotatable bonds is 4. The number of fused-ring (bicyclic) bond motifs is 9. The van der Waals surface area contributed by atoms with Crippen LogP contribution < -0.4 is 4.90 Å². The molecule has 6 nitrogen and oxygen atoms in total. The summed E-state index contributed by atoms with van der Waals surface area (Å²) in [5.74, 6) is -31.7. The van der Waals surface area contributed by atoms with Crippen molar-refractivity contribution < 1.29 is 66.2 Å². The van der Waals surface area contributed by atoms with E-state index >= 15 is 35.1 Å². The third-order valence-electron chi connectivity index (χ3n) is 10.3. The lowest BCUT2D eigenvalue weighted by molar-refractivity contribution is 0.122. The minimum absolute atomic E-state index is 0.00955. The summed E-state index contributed by atoms with van der Waals surface area (Å²) in [6.07, 6.45) is 1.82. The van der Waals surface area contributed by atoms with E-state index in [1.165, 1.54) is 12.1 Å². The number of ether oxygens (including phenoxy) is 1. The van der Waals surface area contributed by atoms with Crippen LogP contribution in [0.4, 0.5) is 67.2 Å². The molecule has 2 aliphatic rings. The summed E-state index contributed by atoms with van der Waals surface area (Å²) in [5.41, 5.74) is -11.4. The lowest BCUT2D eigenvalue weighted by Crippen LogP contribution is -2.37. The number of nitrogens with one attached hydrogen (secondary N) is 3. The van der Waals surface area contributed by atoms with Crippen LogP contribution in [0, 0.1) is 81.4 Å². The molecule has 61 heavy (non-hydrogen) atoms. The van der Waals surface area contributed by atoms with Gasteiger partial charge in [-0.15, -0.1) is 0 Å². The van der Waals surface area contributed by atoms with E-state index in [0.717, 1.165) is 41.3 Å². The van der Waals surface area contributed by atoms with Gasteiger partial charge in [-0.3, -0.25) is 0 Å². The molecule has 6 heterocycles. The Hall–Kier alpha value is -6.83. The fraction of sp³-hybridized carbons (Fsp3) is 0.0976. The number of hydrogen-bond acceptors (Lipinski definition) is 3. The third-order valence-corrected chi connectivity index (χ3v) is 10.3. The number of halogens is 14. The van der Waals surface area contributed by atoms with E-state index in [1.54, 1.807) is 0 Å². The van der Waals surface area contributed by atoms with Gasteiger partial charge in [-0.1, -0.05) is 0 Å². The summed E-state index contributed by atoms with van der Waals surface area (Å²) in [4.78, 5) is 13.2. The van der Waals surface area contributed by atoms with Gasteiger partial charge in [0, 0.05) is 51.8 Å². The Morgan fingerprint density at radius 2 is 0.656 bits per heavy atom. The molecule has 4 aromatic heterocycles. The van der Waals surface area contributed by atoms with Crippen LogP contribution in [-0.4, -0.2) is 46.2 Å². The van der Waals surface area contributed by atoms with Crippen molar-refractivity contribution in [1.29, 1.82) is 0 Å². The molecule has 3 aromatic carbocycles. The molecule has 3 N–H and O–H groups in total. The first-order chi connectivity index (χ1) is 29.1. The second kappa shape index (κ2) is 14.4. The normalized spacial score (nSPS) is 13.6. The van der Waals surface area contributed by atoms with E-state index in [0.29, 0.717) is 0 Å². The second-order valence-corrected chi connectivity index (χ2v) is 13.7. The summed E-state index contributed by atoms with van der Waals surface area (Å²) in [7, 11) is 0. The van der Waals surface area contributed by atoms with Gasteiger partial charge < -0.3 is 24.6 Å². The first-order valence-corrected chi connectivity index (χ1v) is 17.7. The van der Waals surface area contributed by atoms with Gasteiger partial charge in [0.05, 0.1) is 52.3 Å². The molecule has 2 aliphatic heterocycles. The van der Waals surface area contributed by atoms with Crippen molar-refractivity contribution in [2.45, 2.75) is 0 Å². The third kappa shape index (κ3) is 5.93. The van der Waals surface area contributed by atoms with E-state index in [4.69, 9.17) is 4.74 Å². The standard InChI is InChI=1S/C41H19F14N5O/c42-27-24(28(43)34(49)37(52)33(27)48)21-15-3-1-13(56-15)14-2-4-16(57-14)22(26-31(46)39(54)41(40(55)32(26)47)60-9-11-61-12-10-60)18-6-8-20(59-18)23(19-7-5-17(21)58-19)25-29(44)35(50)38(53)36(51)30(25)45/h1-8,56-58H,9-12H2. The highest BCUT2D eigenvalue weighted by Crippen LogP contribution is 2.43. The number of aromatic amines is 3. The highest BCUT2D eigenvalue weighted by Gasteiger charge is 2.34. The first-order valence-electron chi connectivity index (χ1n) is 17.7. The predicted molar refractivity (Wildman–Crippen MR) is 194 cm³/mol. The lowest BCUT2D eigenvalue weighted by atomic mass is 10.0. The van der Waals surface area contributed by atoms with Crippen LogP contribution in [0.25, 0.3) is 78.6 Å². The summed E-state index contributed by atoms with van der Waals surface area (Å²) >= 11 is 0. The van der Waals surface area contributed by atoms with E-state index in [2.05, 4.69) is 19.9 Å². The number of H-pyrrole nitrogens is 3. The van der Waals surface area contributed by atoms with Gasteiger partial charge in [0.2, 0.25) is 11.6 Å². The smallest absolute Gasteiger partial charge is 0.200 e. The summed E-state index contributed by atoms with van der Waals surface area (Å²) in [6.45, 7) is -0.347. The van der Waals surface area contributed by atoms with E-state index in [-0.39, 0.29) is 42.9 Å². The van der Waals surface area contributed by atoms with Gasteiger partial charge in [-0.25, -0.2) is 66.4 Å². The van der Waals surface area contributed by atoms with Gasteiger partial charge >= 0.3 is 0 Å². The molecule has 1 fully saturated rings. The molecule has 1 saturated heterocycles. The fourth-order valence-electron chi connectivity index (χ4n) is 7.49. The van der Waals surface area contributed by atoms with Gasteiger partial charge in [-0.05, 0) is 48.6 Å². The van der Waals surface area contributed by atoms with Crippen molar-refractivity contribution >= 4 is 50.9 Å². The van der Waals surface area contributed by atoms with Crippen molar-refractivity contribution in [1.82, 2.24) is 19.9 Å². The molecule has 312 valence electrons.